The van der Waals surface area contributed by atoms with Crippen LogP contribution in [0.5, 0.6) is 5.75 Å². The van der Waals surface area contributed by atoms with Crippen molar-refractivity contribution in [2.45, 2.75) is 18.6 Å². The van der Waals surface area contributed by atoms with E-state index in [1.807, 2.05) is 12.1 Å². The topological polar surface area (TPSA) is 48.3 Å². The van der Waals surface area contributed by atoms with E-state index in [2.05, 4.69) is 10.2 Å². The molecule has 27 heavy (non-hydrogen) atoms. The lowest BCUT2D eigenvalue weighted by atomic mass is 10.1. The lowest BCUT2D eigenvalue weighted by Gasteiger charge is -2.36. The Hall–Kier alpha value is -1.84. The van der Waals surface area contributed by atoms with Crippen LogP contribution in [0.4, 0.5) is 4.39 Å². The molecule has 0 bridgehead atoms. The van der Waals surface area contributed by atoms with Gasteiger partial charge >= 0.3 is 0 Å². The van der Waals surface area contributed by atoms with Gasteiger partial charge in [-0.15, -0.1) is 0 Å². The van der Waals surface area contributed by atoms with Crippen LogP contribution in [-0.2, 0) is 6.42 Å². The van der Waals surface area contributed by atoms with E-state index in [1.165, 1.54) is 12.1 Å². The lowest BCUT2D eigenvalue weighted by Crippen LogP contribution is -2.50. The van der Waals surface area contributed by atoms with Gasteiger partial charge in [-0.3, -0.25) is 4.90 Å². The molecule has 7 heteroatoms. The molecule has 2 atom stereocenters. The first-order chi connectivity index (χ1) is 13.1. The van der Waals surface area contributed by atoms with Gasteiger partial charge in [0.15, 0.2) is 11.6 Å². The molecule has 0 aromatic heterocycles. The first-order valence-electron chi connectivity index (χ1n) is 8.85. The molecule has 2 aromatic rings. The Labute approximate surface area is 167 Å². The molecule has 0 radical (unpaired) electrons. The molecule has 1 saturated heterocycles. The van der Waals surface area contributed by atoms with E-state index in [9.17, 15) is 4.39 Å². The van der Waals surface area contributed by atoms with E-state index in [-0.39, 0.29) is 23.5 Å². The largest absolute Gasteiger partial charge is 0.481 e. The molecule has 0 amide bonds. The molecule has 4 rings (SSSR count). The zero-order valence-electron chi connectivity index (χ0n) is 14.5. The maximum Gasteiger partial charge on any atom is 0.166 e. The summed E-state index contributed by atoms with van der Waals surface area (Å²) in [5.41, 5.74) is 2.17. The van der Waals surface area contributed by atoms with Crippen molar-refractivity contribution in [3.05, 3.63) is 62.9 Å². The highest BCUT2D eigenvalue weighted by atomic mass is 35.5. The first-order valence-corrected chi connectivity index (χ1v) is 9.61. The fourth-order valence-electron chi connectivity index (χ4n) is 3.90. The van der Waals surface area contributed by atoms with E-state index in [4.69, 9.17) is 33.2 Å². The standard InChI is InChI=1S/C20H18Cl2FN3O/c21-13-8-15-14(16(22)9-13)10-18(26-5-3-25-4-6-26)20(15)27-19-2-1-12(11-24)7-17(19)23/h1-2,7-9,18,20,25H,3-6,10H2. The van der Waals surface area contributed by atoms with E-state index >= 15 is 0 Å². The summed E-state index contributed by atoms with van der Waals surface area (Å²) in [6, 6.07) is 9.83. The Morgan fingerprint density at radius 3 is 2.67 bits per heavy atom. The van der Waals surface area contributed by atoms with Crippen molar-refractivity contribution in [3.63, 3.8) is 0 Å². The molecule has 0 saturated carbocycles. The van der Waals surface area contributed by atoms with Gasteiger partial charge in [0.25, 0.3) is 0 Å². The third-order valence-corrected chi connectivity index (χ3v) is 5.75. The minimum atomic E-state index is -0.547. The Morgan fingerprint density at radius 1 is 1.19 bits per heavy atom. The van der Waals surface area contributed by atoms with Gasteiger partial charge in [-0.1, -0.05) is 23.2 Å². The zero-order valence-corrected chi connectivity index (χ0v) is 16.0. The van der Waals surface area contributed by atoms with Gasteiger partial charge < -0.3 is 10.1 Å². The van der Waals surface area contributed by atoms with Crippen LogP contribution in [0.2, 0.25) is 10.0 Å². The normalized spacial score (nSPS) is 22.3. The first kappa shape index (κ1) is 18.5. The number of hydrogen-bond acceptors (Lipinski definition) is 4. The molecule has 1 N–H and O–H groups in total. The lowest BCUT2D eigenvalue weighted by molar-refractivity contribution is 0.0668. The second-order valence-corrected chi connectivity index (χ2v) is 7.65. The summed E-state index contributed by atoms with van der Waals surface area (Å²) in [6.45, 7) is 3.58. The SMILES string of the molecule is N#Cc1ccc(OC2c3cc(Cl)cc(Cl)c3CC2N2CCNCC2)c(F)c1. The monoisotopic (exact) mass is 405 g/mol. The van der Waals surface area contributed by atoms with Crippen molar-refractivity contribution in [2.75, 3.05) is 26.2 Å². The van der Waals surface area contributed by atoms with Crippen LogP contribution in [0.25, 0.3) is 0 Å². The molecule has 1 aliphatic carbocycles. The van der Waals surface area contributed by atoms with Gasteiger partial charge in [-0.2, -0.15) is 5.26 Å². The predicted molar refractivity (Wildman–Crippen MR) is 103 cm³/mol. The summed E-state index contributed by atoms with van der Waals surface area (Å²) in [6.07, 6.45) is 0.352. The molecule has 2 unspecified atom stereocenters. The number of rotatable bonds is 3. The van der Waals surface area contributed by atoms with E-state index < -0.39 is 5.82 Å². The third-order valence-electron chi connectivity index (χ3n) is 5.20. The third kappa shape index (κ3) is 3.63. The zero-order chi connectivity index (χ0) is 19.0. The molecular weight excluding hydrogens is 388 g/mol. The van der Waals surface area contributed by atoms with Gasteiger partial charge in [0.1, 0.15) is 6.10 Å². The number of benzene rings is 2. The highest BCUT2D eigenvalue weighted by molar-refractivity contribution is 6.35. The Balaban J connectivity index is 1.71. The Kier molecular flexibility index (Phi) is 5.25. The summed E-state index contributed by atoms with van der Waals surface area (Å²) < 4.78 is 20.6. The summed E-state index contributed by atoms with van der Waals surface area (Å²) in [5.74, 6) is -0.419. The van der Waals surface area contributed by atoms with E-state index in [0.29, 0.717) is 10.0 Å². The average molecular weight is 406 g/mol. The van der Waals surface area contributed by atoms with Crippen LogP contribution in [0.3, 0.4) is 0 Å². The fraction of sp³-hybridized carbons (Fsp3) is 0.350. The van der Waals surface area contributed by atoms with Crippen molar-refractivity contribution in [1.29, 1.82) is 5.26 Å². The second-order valence-electron chi connectivity index (χ2n) is 6.81. The highest BCUT2D eigenvalue weighted by Gasteiger charge is 2.40. The molecule has 1 heterocycles. The second kappa shape index (κ2) is 7.65. The molecule has 1 aliphatic heterocycles. The number of nitrogens with zero attached hydrogens (tertiary/aromatic N) is 2. The van der Waals surface area contributed by atoms with Gasteiger partial charge in [0, 0.05) is 41.8 Å². The average Bonchev–Trinajstić information content (AvgIpc) is 3.03. The number of ether oxygens (including phenoxy) is 1. The van der Waals surface area contributed by atoms with Crippen LogP contribution in [-0.4, -0.2) is 37.1 Å². The van der Waals surface area contributed by atoms with Gasteiger partial charge in [-0.05, 0) is 42.3 Å². The highest BCUT2D eigenvalue weighted by Crippen LogP contribution is 2.43. The molecule has 0 spiro atoms. The fourth-order valence-corrected chi connectivity index (χ4v) is 4.48. The van der Waals surface area contributed by atoms with Gasteiger partial charge in [-0.25, -0.2) is 4.39 Å². The van der Waals surface area contributed by atoms with Crippen LogP contribution in [0.15, 0.2) is 30.3 Å². The summed E-state index contributed by atoms with van der Waals surface area (Å²) in [4.78, 5) is 2.35. The number of nitriles is 1. The van der Waals surface area contributed by atoms with Crippen molar-refractivity contribution in [3.8, 4) is 11.8 Å². The summed E-state index contributed by atoms with van der Waals surface area (Å²) >= 11 is 12.7. The molecule has 2 aliphatic rings. The summed E-state index contributed by atoms with van der Waals surface area (Å²) in [7, 11) is 0. The smallest absolute Gasteiger partial charge is 0.166 e. The number of piperazine rings is 1. The quantitative estimate of drug-likeness (QED) is 0.839. The van der Waals surface area contributed by atoms with Crippen molar-refractivity contribution >= 4 is 23.2 Å². The molecule has 1 fully saturated rings. The van der Waals surface area contributed by atoms with Crippen LogP contribution in [0.1, 0.15) is 22.8 Å². The van der Waals surface area contributed by atoms with Gasteiger partial charge in [0.2, 0.25) is 0 Å². The Bertz CT molecular complexity index is 909. The van der Waals surface area contributed by atoms with Crippen molar-refractivity contribution in [2.24, 2.45) is 0 Å². The minimum absolute atomic E-state index is 0.0492. The van der Waals surface area contributed by atoms with Crippen LogP contribution < -0.4 is 10.1 Å². The number of halogens is 3. The van der Waals surface area contributed by atoms with Crippen LogP contribution >= 0.6 is 23.2 Å². The molecule has 140 valence electrons. The maximum atomic E-state index is 14.4. The Morgan fingerprint density at radius 2 is 1.96 bits per heavy atom. The van der Waals surface area contributed by atoms with Crippen molar-refractivity contribution < 1.29 is 9.13 Å². The van der Waals surface area contributed by atoms with Gasteiger partial charge in [0.05, 0.1) is 17.7 Å². The maximum absolute atomic E-state index is 14.4. The number of nitrogens with one attached hydrogen (secondary N) is 1. The minimum Gasteiger partial charge on any atom is -0.481 e. The predicted octanol–water partition coefficient (Wildman–Crippen LogP) is 3.95. The van der Waals surface area contributed by atoms with E-state index in [1.54, 1.807) is 12.1 Å². The number of fused-ring (bicyclic) bond motifs is 1. The van der Waals surface area contributed by atoms with Crippen molar-refractivity contribution in [1.82, 2.24) is 10.2 Å². The van der Waals surface area contributed by atoms with E-state index in [0.717, 1.165) is 43.7 Å². The molecule has 2 aromatic carbocycles. The molecule has 4 nitrogen and oxygen atoms in total. The number of hydrogen-bond donors (Lipinski definition) is 1. The van der Waals surface area contributed by atoms with Crippen LogP contribution in [0, 0.1) is 17.1 Å². The summed E-state index contributed by atoms with van der Waals surface area (Å²) in [5, 5.41) is 13.4. The molecular formula is C20H18Cl2FN3O.